The Labute approximate surface area is 174 Å². The van der Waals surface area contributed by atoms with Crippen molar-refractivity contribution in [3.05, 3.63) is 47.8 Å². The number of nitrogens with zero attached hydrogens (tertiary/aromatic N) is 1. The van der Waals surface area contributed by atoms with E-state index in [1.54, 1.807) is 36.1 Å². The monoisotopic (exact) mass is 416 g/mol. The third-order valence-electron chi connectivity index (χ3n) is 5.21. The van der Waals surface area contributed by atoms with Crippen LogP contribution in [0.2, 0.25) is 0 Å². The Morgan fingerprint density at radius 1 is 1.07 bits per heavy atom. The van der Waals surface area contributed by atoms with Gasteiger partial charge in [-0.25, -0.2) is 4.39 Å². The zero-order chi connectivity index (χ0) is 21.8. The number of nitrogens with one attached hydrogen (secondary N) is 1. The zero-order valence-corrected chi connectivity index (χ0v) is 17.4. The lowest BCUT2D eigenvalue weighted by Gasteiger charge is -2.20. The fourth-order valence-corrected chi connectivity index (χ4v) is 3.49. The molecule has 1 aliphatic rings. The number of ether oxygens (including phenoxy) is 3. The number of methoxy groups -OCH3 is 3. The normalized spacial score (nSPS) is 16.9. The van der Waals surface area contributed by atoms with E-state index >= 15 is 0 Å². The molecule has 1 saturated heterocycles. The molecule has 1 heterocycles. The molecule has 2 atom stereocenters. The summed E-state index contributed by atoms with van der Waals surface area (Å²) in [5, 5.41) is 2.87. The minimum Gasteiger partial charge on any atom is -0.494 e. The number of rotatable bonds is 7. The van der Waals surface area contributed by atoms with Crippen molar-refractivity contribution < 1.29 is 28.2 Å². The van der Waals surface area contributed by atoms with E-state index in [1.165, 1.54) is 33.5 Å². The van der Waals surface area contributed by atoms with E-state index in [0.717, 1.165) is 0 Å². The van der Waals surface area contributed by atoms with Gasteiger partial charge >= 0.3 is 0 Å². The van der Waals surface area contributed by atoms with Gasteiger partial charge in [0.1, 0.15) is 0 Å². The molecule has 1 N–H and O–H groups in total. The van der Waals surface area contributed by atoms with Crippen LogP contribution in [0, 0.1) is 11.7 Å². The molecule has 0 saturated carbocycles. The summed E-state index contributed by atoms with van der Waals surface area (Å²) in [4.78, 5) is 26.8. The Morgan fingerprint density at radius 3 is 2.37 bits per heavy atom. The van der Waals surface area contributed by atoms with Crippen molar-refractivity contribution in [2.75, 3.05) is 32.8 Å². The van der Waals surface area contributed by atoms with Gasteiger partial charge in [0.05, 0.1) is 33.3 Å². The van der Waals surface area contributed by atoms with E-state index in [-0.39, 0.29) is 30.5 Å². The number of carbonyl (C=O) groups is 2. The van der Waals surface area contributed by atoms with Gasteiger partial charge in [0.25, 0.3) is 0 Å². The second-order valence-corrected chi connectivity index (χ2v) is 7.07. The molecule has 0 radical (unpaired) electrons. The second kappa shape index (κ2) is 9.02. The van der Waals surface area contributed by atoms with Crippen LogP contribution in [0.3, 0.4) is 0 Å². The summed E-state index contributed by atoms with van der Waals surface area (Å²) in [5.41, 5.74) is 1.25. The maximum Gasteiger partial charge on any atom is 0.227 e. The smallest absolute Gasteiger partial charge is 0.227 e. The van der Waals surface area contributed by atoms with Gasteiger partial charge in [0.15, 0.2) is 23.1 Å². The summed E-state index contributed by atoms with van der Waals surface area (Å²) >= 11 is 0. The Kier molecular flexibility index (Phi) is 6.44. The maximum absolute atomic E-state index is 13.9. The topological polar surface area (TPSA) is 77.1 Å². The molecule has 1 aliphatic heterocycles. The van der Waals surface area contributed by atoms with Crippen molar-refractivity contribution >= 4 is 17.5 Å². The first-order valence-corrected chi connectivity index (χ1v) is 9.54. The van der Waals surface area contributed by atoms with Crippen molar-refractivity contribution in [3.8, 4) is 17.2 Å². The van der Waals surface area contributed by atoms with Crippen molar-refractivity contribution in [1.82, 2.24) is 5.32 Å². The van der Waals surface area contributed by atoms with Crippen molar-refractivity contribution in [2.45, 2.75) is 19.4 Å². The number of benzene rings is 2. The van der Waals surface area contributed by atoms with E-state index in [2.05, 4.69) is 5.32 Å². The maximum atomic E-state index is 13.9. The van der Waals surface area contributed by atoms with Crippen LogP contribution in [0.15, 0.2) is 36.4 Å². The lowest BCUT2D eigenvalue weighted by atomic mass is 10.0. The number of halogens is 1. The highest BCUT2D eigenvalue weighted by atomic mass is 19.1. The van der Waals surface area contributed by atoms with Gasteiger partial charge < -0.3 is 24.4 Å². The molecule has 0 aliphatic carbocycles. The molecule has 0 aromatic heterocycles. The molecule has 8 heteroatoms. The molecule has 3 rings (SSSR count). The summed E-state index contributed by atoms with van der Waals surface area (Å²) in [6.07, 6.45) is 0.101. The minimum atomic E-state index is -0.504. The van der Waals surface area contributed by atoms with Crippen LogP contribution in [0.5, 0.6) is 17.2 Å². The summed E-state index contributed by atoms with van der Waals surface area (Å²) in [7, 11) is 4.45. The first-order chi connectivity index (χ1) is 14.4. The van der Waals surface area contributed by atoms with Crippen LogP contribution in [0.1, 0.15) is 24.9 Å². The summed E-state index contributed by atoms with van der Waals surface area (Å²) < 4.78 is 29.4. The molecule has 160 valence electrons. The third-order valence-corrected chi connectivity index (χ3v) is 5.21. The van der Waals surface area contributed by atoms with Gasteiger partial charge in [-0.15, -0.1) is 0 Å². The van der Waals surface area contributed by atoms with E-state index in [4.69, 9.17) is 14.2 Å². The van der Waals surface area contributed by atoms with E-state index < -0.39 is 17.8 Å². The molecule has 0 unspecified atom stereocenters. The second-order valence-electron chi connectivity index (χ2n) is 7.07. The summed E-state index contributed by atoms with van der Waals surface area (Å²) in [5.74, 6) is -0.193. The fourth-order valence-electron chi connectivity index (χ4n) is 3.49. The van der Waals surface area contributed by atoms with E-state index in [1.807, 2.05) is 0 Å². The number of carbonyl (C=O) groups excluding carboxylic acids is 2. The van der Waals surface area contributed by atoms with Crippen LogP contribution >= 0.6 is 0 Å². The molecule has 1 fully saturated rings. The van der Waals surface area contributed by atoms with Gasteiger partial charge in [0, 0.05) is 24.7 Å². The van der Waals surface area contributed by atoms with Crippen LogP contribution in [0.4, 0.5) is 10.1 Å². The molecule has 0 bridgehead atoms. The third kappa shape index (κ3) is 4.32. The van der Waals surface area contributed by atoms with Crippen molar-refractivity contribution in [2.24, 2.45) is 5.92 Å². The van der Waals surface area contributed by atoms with Gasteiger partial charge in [-0.2, -0.15) is 0 Å². The summed E-state index contributed by atoms with van der Waals surface area (Å²) in [6.45, 7) is 2.02. The Morgan fingerprint density at radius 2 is 1.73 bits per heavy atom. The van der Waals surface area contributed by atoms with E-state index in [0.29, 0.717) is 22.7 Å². The highest BCUT2D eigenvalue weighted by molar-refractivity contribution is 6.00. The quantitative estimate of drug-likeness (QED) is 0.751. The van der Waals surface area contributed by atoms with Crippen molar-refractivity contribution in [3.63, 3.8) is 0 Å². The number of hydrogen-bond donors (Lipinski definition) is 1. The predicted octanol–water partition coefficient (Wildman–Crippen LogP) is 3.08. The molecule has 30 heavy (non-hydrogen) atoms. The molecule has 2 aromatic rings. The molecule has 7 nitrogen and oxygen atoms in total. The van der Waals surface area contributed by atoms with Gasteiger partial charge in [0.2, 0.25) is 11.8 Å². The zero-order valence-electron chi connectivity index (χ0n) is 17.4. The first kappa shape index (κ1) is 21.4. The first-order valence-electron chi connectivity index (χ1n) is 9.54. The predicted molar refractivity (Wildman–Crippen MR) is 110 cm³/mol. The van der Waals surface area contributed by atoms with Crippen LogP contribution in [0.25, 0.3) is 0 Å². The molecular formula is C22H25FN2O5. The largest absolute Gasteiger partial charge is 0.494 e. The highest BCUT2D eigenvalue weighted by Gasteiger charge is 2.36. The van der Waals surface area contributed by atoms with Crippen LogP contribution in [-0.4, -0.2) is 39.7 Å². The highest BCUT2D eigenvalue weighted by Crippen LogP contribution is 2.34. The Hall–Kier alpha value is -3.29. The summed E-state index contributed by atoms with van der Waals surface area (Å²) in [6, 6.07) is 9.31. The lowest BCUT2D eigenvalue weighted by molar-refractivity contribution is -0.126. The molecule has 2 aromatic carbocycles. The standard InChI is InChI=1S/C22H25FN2O5/c1-13(14-5-7-18(28-2)17(23)9-14)24-22(27)15-10-21(26)25(12-15)16-6-8-19(29-3)20(11-16)30-4/h5-9,11,13,15H,10,12H2,1-4H3,(H,24,27)/t13-,15-/m1/s1. The van der Waals surface area contributed by atoms with Gasteiger partial charge in [-0.3, -0.25) is 9.59 Å². The Balaban J connectivity index is 1.68. The van der Waals surface area contributed by atoms with Gasteiger partial charge in [-0.1, -0.05) is 6.07 Å². The molecule has 2 amide bonds. The number of anilines is 1. The van der Waals surface area contributed by atoms with Gasteiger partial charge in [-0.05, 0) is 36.8 Å². The number of hydrogen-bond acceptors (Lipinski definition) is 5. The average Bonchev–Trinajstić information content (AvgIpc) is 3.14. The fraction of sp³-hybridized carbons (Fsp3) is 0.364. The number of amides is 2. The average molecular weight is 416 g/mol. The van der Waals surface area contributed by atoms with Crippen LogP contribution < -0.4 is 24.4 Å². The molecule has 0 spiro atoms. The van der Waals surface area contributed by atoms with E-state index in [9.17, 15) is 14.0 Å². The Bertz CT molecular complexity index is 949. The molecular weight excluding hydrogens is 391 g/mol. The SMILES string of the molecule is COc1ccc([C@@H](C)NC(=O)[C@@H]2CC(=O)N(c3ccc(OC)c(OC)c3)C2)cc1F. The van der Waals surface area contributed by atoms with Crippen molar-refractivity contribution in [1.29, 1.82) is 0 Å². The minimum absolute atomic E-state index is 0.101. The van der Waals surface area contributed by atoms with Crippen LogP contribution in [-0.2, 0) is 9.59 Å². The lowest BCUT2D eigenvalue weighted by Crippen LogP contribution is -2.34.